The van der Waals surface area contributed by atoms with Gasteiger partial charge in [-0.05, 0) is 51.0 Å². The van der Waals surface area contributed by atoms with Crippen molar-refractivity contribution < 1.29 is 14.3 Å². The molecule has 2 atom stereocenters. The highest BCUT2D eigenvalue weighted by Crippen LogP contribution is 2.30. The summed E-state index contributed by atoms with van der Waals surface area (Å²) in [6.07, 6.45) is 1.09. The minimum atomic E-state index is -0.596. The number of piperidine rings is 1. The van der Waals surface area contributed by atoms with Gasteiger partial charge in [-0.1, -0.05) is 35.9 Å². The average Bonchev–Trinajstić information content (AvgIpc) is 2.79. The van der Waals surface area contributed by atoms with E-state index in [-0.39, 0.29) is 11.8 Å². The van der Waals surface area contributed by atoms with Crippen LogP contribution in [0, 0.1) is 6.92 Å². The smallest absolute Gasteiger partial charge is 0.263 e. The quantitative estimate of drug-likeness (QED) is 0.684. The van der Waals surface area contributed by atoms with Crippen LogP contribution in [-0.2, 0) is 4.79 Å². The number of aryl methyl sites for hydroxylation is 1. The van der Waals surface area contributed by atoms with Crippen molar-refractivity contribution in [3.05, 3.63) is 71.4 Å². The minimum Gasteiger partial charge on any atom is -0.481 e. The van der Waals surface area contributed by atoms with Gasteiger partial charge in [0.25, 0.3) is 11.8 Å². The maximum Gasteiger partial charge on any atom is 0.263 e. The Bertz CT molecular complexity index is 1110. The van der Waals surface area contributed by atoms with E-state index in [0.29, 0.717) is 30.1 Å². The number of likely N-dealkylation sites (tertiary alicyclic amines) is 1. The number of hydrogen-bond donors (Lipinski definition) is 1. The number of aromatic nitrogens is 1. The molecular weight excluding hydrogens is 390 g/mol. The second kappa shape index (κ2) is 8.76. The molecular formula is C25H27N3O3. The van der Waals surface area contributed by atoms with Crippen molar-refractivity contribution in [3.8, 4) is 5.75 Å². The molecule has 1 aromatic heterocycles. The molecule has 0 radical (unpaired) electrons. The number of para-hydroxylation sites is 1. The van der Waals surface area contributed by atoms with Crippen molar-refractivity contribution in [3.63, 3.8) is 0 Å². The Kier molecular flexibility index (Phi) is 5.89. The Labute approximate surface area is 182 Å². The van der Waals surface area contributed by atoms with E-state index in [1.807, 2.05) is 66.4 Å². The van der Waals surface area contributed by atoms with Gasteiger partial charge in [-0.15, -0.1) is 0 Å². The molecule has 2 heterocycles. The number of carbonyl (C=O) groups is 2. The van der Waals surface area contributed by atoms with E-state index in [1.54, 1.807) is 6.92 Å². The number of carbonyl (C=O) groups excluding carboxylic acids is 2. The van der Waals surface area contributed by atoms with Crippen LogP contribution in [0.1, 0.15) is 47.3 Å². The number of amides is 2. The highest BCUT2D eigenvalue weighted by atomic mass is 16.5. The first-order chi connectivity index (χ1) is 14.9. The molecule has 3 aromatic rings. The molecule has 2 N–H and O–H groups in total. The lowest BCUT2D eigenvalue weighted by molar-refractivity contribution is -0.139. The maximum absolute atomic E-state index is 13.1. The Balaban J connectivity index is 1.54. The average molecular weight is 418 g/mol. The molecule has 1 aliphatic heterocycles. The maximum atomic E-state index is 13.1. The Hall–Kier alpha value is -3.41. The molecule has 4 rings (SSSR count). The summed E-state index contributed by atoms with van der Waals surface area (Å²) in [6.45, 7) is 4.94. The van der Waals surface area contributed by atoms with Crippen molar-refractivity contribution in [1.82, 2.24) is 9.88 Å². The standard InChI is InChI=1S/C25H27N3O3/c1-16-9-11-20(12-10-16)31-17(2)25(30)28-13-5-7-19(15-28)23-21(24(26)29)14-18-6-3-4-8-22(18)27-23/h3-4,6,8-12,14,17,19H,5,7,13,15H2,1-2H3,(H2,26,29). The summed E-state index contributed by atoms with van der Waals surface area (Å²) in [5.41, 5.74) is 8.74. The lowest BCUT2D eigenvalue weighted by atomic mass is 9.90. The highest BCUT2D eigenvalue weighted by molar-refractivity contribution is 5.97. The first-order valence-electron chi connectivity index (χ1n) is 10.6. The van der Waals surface area contributed by atoms with Crippen LogP contribution in [0.5, 0.6) is 5.75 Å². The zero-order valence-corrected chi connectivity index (χ0v) is 17.9. The van der Waals surface area contributed by atoms with Crippen LogP contribution in [0.3, 0.4) is 0 Å². The topological polar surface area (TPSA) is 85.5 Å². The Morgan fingerprint density at radius 1 is 1.16 bits per heavy atom. The molecule has 6 heteroatoms. The van der Waals surface area contributed by atoms with Gasteiger partial charge in [-0.2, -0.15) is 0 Å². The molecule has 2 aromatic carbocycles. The van der Waals surface area contributed by atoms with Gasteiger partial charge in [0.05, 0.1) is 16.8 Å². The van der Waals surface area contributed by atoms with Crippen LogP contribution in [0.25, 0.3) is 10.9 Å². The van der Waals surface area contributed by atoms with Gasteiger partial charge in [-0.25, -0.2) is 0 Å². The van der Waals surface area contributed by atoms with Gasteiger partial charge >= 0.3 is 0 Å². The largest absolute Gasteiger partial charge is 0.481 e. The summed E-state index contributed by atoms with van der Waals surface area (Å²) in [5.74, 6) is 0.0723. The van der Waals surface area contributed by atoms with E-state index in [9.17, 15) is 9.59 Å². The third-order valence-corrected chi connectivity index (χ3v) is 5.82. The van der Waals surface area contributed by atoms with E-state index in [1.165, 1.54) is 0 Å². The van der Waals surface area contributed by atoms with Crippen molar-refractivity contribution in [2.24, 2.45) is 5.73 Å². The fourth-order valence-electron chi connectivity index (χ4n) is 4.17. The number of ether oxygens (including phenoxy) is 1. The third kappa shape index (κ3) is 4.53. The molecule has 2 unspecified atom stereocenters. The Morgan fingerprint density at radius 2 is 1.90 bits per heavy atom. The van der Waals surface area contributed by atoms with Gasteiger partial charge < -0.3 is 15.4 Å². The number of rotatable bonds is 5. The monoisotopic (exact) mass is 417 g/mol. The normalized spacial score (nSPS) is 17.4. The lowest BCUT2D eigenvalue weighted by Gasteiger charge is -2.34. The van der Waals surface area contributed by atoms with Crippen LogP contribution in [0.15, 0.2) is 54.6 Å². The van der Waals surface area contributed by atoms with Gasteiger partial charge in [-0.3, -0.25) is 14.6 Å². The van der Waals surface area contributed by atoms with E-state index in [0.717, 1.165) is 29.3 Å². The molecule has 1 aliphatic rings. The zero-order valence-electron chi connectivity index (χ0n) is 17.9. The molecule has 6 nitrogen and oxygen atoms in total. The predicted octanol–water partition coefficient (Wildman–Crippen LogP) is 3.82. The number of fused-ring (bicyclic) bond motifs is 1. The number of primary amides is 1. The molecule has 0 spiro atoms. The second-order valence-electron chi connectivity index (χ2n) is 8.17. The number of benzene rings is 2. The number of nitrogens with two attached hydrogens (primary N) is 1. The summed E-state index contributed by atoms with van der Waals surface area (Å²) in [4.78, 5) is 31.8. The van der Waals surface area contributed by atoms with Crippen molar-refractivity contribution >= 4 is 22.7 Å². The van der Waals surface area contributed by atoms with Crippen LogP contribution in [0.4, 0.5) is 0 Å². The summed E-state index contributed by atoms with van der Waals surface area (Å²) in [5, 5.41) is 0.879. The van der Waals surface area contributed by atoms with Crippen LogP contribution >= 0.6 is 0 Å². The van der Waals surface area contributed by atoms with Crippen LogP contribution < -0.4 is 10.5 Å². The molecule has 1 saturated heterocycles. The molecule has 1 fully saturated rings. The van der Waals surface area contributed by atoms with E-state index >= 15 is 0 Å². The van der Waals surface area contributed by atoms with Gasteiger partial charge in [0.2, 0.25) is 0 Å². The molecule has 0 saturated carbocycles. The first-order valence-corrected chi connectivity index (χ1v) is 10.6. The molecule has 2 amide bonds. The summed E-state index contributed by atoms with van der Waals surface area (Å²) >= 11 is 0. The fourth-order valence-corrected chi connectivity index (χ4v) is 4.17. The van der Waals surface area contributed by atoms with Gasteiger partial charge in [0.15, 0.2) is 6.10 Å². The SMILES string of the molecule is Cc1ccc(OC(C)C(=O)N2CCCC(c3nc4ccccc4cc3C(N)=O)C2)cc1. The first kappa shape index (κ1) is 20.8. The molecule has 0 bridgehead atoms. The lowest BCUT2D eigenvalue weighted by Crippen LogP contribution is -2.45. The second-order valence-corrected chi connectivity index (χ2v) is 8.17. The van der Waals surface area contributed by atoms with Crippen LogP contribution in [-0.4, -0.2) is 40.9 Å². The number of pyridine rings is 1. The fraction of sp³-hybridized carbons (Fsp3) is 0.320. The summed E-state index contributed by atoms with van der Waals surface area (Å²) in [6, 6.07) is 17.1. The van der Waals surface area contributed by atoms with Crippen molar-refractivity contribution in [2.75, 3.05) is 13.1 Å². The van der Waals surface area contributed by atoms with E-state index < -0.39 is 12.0 Å². The van der Waals surface area contributed by atoms with Crippen LogP contribution in [0.2, 0.25) is 0 Å². The van der Waals surface area contributed by atoms with Gasteiger partial charge in [0, 0.05) is 24.4 Å². The third-order valence-electron chi connectivity index (χ3n) is 5.82. The summed E-state index contributed by atoms with van der Waals surface area (Å²) in [7, 11) is 0. The van der Waals surface area contributed by atoms with E-state index in [4.69, 9.17) is 15.5 Å². The minimum absolute atomic E-state index is 0.0450. The van der Waals surface area contributed by atoms with Crippen molar-refractivity contribution in [1.29, 1.82) is 0 Å². The predicted molar refractivity (Wildman–Crippen MR) is 120 cm³/mol. The van der Waals surface area contributed by atoms with E-state index in [2.05, 4.69) is 0 Å². The molecule has 0 aliphatic carbocycles. The highest BCUT2D eigenvalue weighted by Gasteiger charge is 2.31. The zero-order chi connectivity index (χ0) is 22.0. The molecule has 31 heavy (non-hydrogen) atoms. The number of nitrogens with zero attached hydrogens (tertiary/aromatic N) is 2. The molecule has 160 valence electrons. The van der Waals surface area contributed by atoms with Crippen molar-refractivity contribution in [2.45, 2.75) is 38.7 Å². The number of hydrogen-bond acceptors (Lipinski definition) is 4. The van der Waals surface area contributed by atoms with Gasteiger partial charge in [0.1, 0.15) is 5.75 Å². The summed E-state index contributed by atoms with van der Waals surface area (Å²) < 4.78 is 5.86. The Morgan fingerprint density at radius 3 is 2.65 bits per heavy atom.